The number of carbonyl (C=O) groups is 1. The van der Waals surface area contributed by atoms with Gasteiger partial charge in [-0.1, -0.05) is 35.3 Å². The van der Waals surface area contributed by atoms with Crippen LogP contribution < -0.4 is 10.6 Å². The number of hydrogen-bond acceptors (Lipinski definition) is 3. The summed E-state index contributed by atoms with van der Waals surface area (Å²) in [4.78, 5) is 17.1. The summed E-state index contributed by atoms with van der Waals surface area (Å²) in [6, 6.07) is 11.1. The highest BCUT2D eigenvalue weighted by atomic mass is 35.5. The normalized spacial score (nSPS) is 21.5. The van der Waals surface area contributed by atoms with Crippen molar-refractivity contribution in [2.45, 2.75) is 18.9 Å². The molecule has 1 fully saturated rings. The molecule has 0 bridgehead atoms. The van der Waals surface area contributed by atoms with Gasteiger partial charge in [0, 0.05) is 35.9 Å². The molecule has 0 radical (unpaired) electrons. The molecule has 3 rings (SSSR count). The van der Waals surface area contributed by atoms with Crippen molar-refractivity contribution in [2.24, 2.45) is 5.92 Å². The van der Waals surface area contributed by atoms with E-state index in [2.05, 4.69) is 15.6 Å². The molecule has 126 valence electrons. The molecule has 1 aliphatic rings. The highest BCUT2D eigenvalue weighted by molar-refractivity contribution is 6.30. The number of amides is 1. The first-order valence-corrected chi connectivity index (χ1v) is 8.68. The number of rotatable bonds is 4. The molecule has 2 heterocycles. The van der Waals surface area contributed by atoms with Crippen LogP contribution in [-0.2, 0) is 4.79 Å². The lowest BCUT2D eigenvalue weighted by molar-refractivity contribution is -0.125. The highest BCUT2D eigenvalue weighted by Gasteiger charge is 2.35. The van der Waals surface area contributed by atoms with E-state index in [4.69, 9.17) is 23.2 Å². The fraction of sp³-hybridized carbons (Fsp3) is 0.333. The standard InChI is InChI=1S/C18H19Cl2N3O/c1-11(12-3-2-4-13(19)7-12)23-18(24)16-10-21-9-15(16)17-6-5-14(20)8-22-17/h2-8,11,15-16,21H,9-10H2,1H3,(H,23,24)/t11-,15+,16+/m0/s1. The second kappa shape index (κ2) is 7.51. The van der Waals surface area contributed by atoms with E-state index in [-0.39, 0.29) is 23.8 Å². The molecule has 1 aromatic heterocycles. The van der Waals surface area contributed by atoms with E-state index in [1.54, 1.807) is 6.20 Å². The van der Waals surface area contributed by atoms with Gasteiger partial charge in [0.05, 0.1) is 17.0 Å². The summed E-state index contributed by atoms with van der Waals surface area (Å²) >= 11 is 11.9. The third kappa shape index (κ3) is 3.89. The van der Waals surface area contributed by atoms with Gasteiger partial charge in [0.2, 0.25) is 5.91 Å². The molecule has 0 unspecified atom stereocenters. The van der Waals surface area contributed by atoms with Crippen LogP contribution in [0.5, 0.6) is 0 Å². The van der Waals surface area contributed by atoms with Crippen LogP contribution in [0.4, 0.5) is 0 Å². The lowest BCUT2D eigenvalue weighted by atomic mass is 9.91. The summed E-state index contributed by atoms with van der Waals surface area (Å²) < 4.78 is 0. The van der Waals surface area contributed by atoms with Crippen molar-refractivity contribution in [2.75, 3.05) is 13.1 Å². The quantitative estimate of drug-likeness (QED) is 0.872. The van der Waals surface area contributed by atoms with Gasteiger partial charge in [-0.15, -0.1) is 0 Å². The zero-order valence-corrected chi connectivity index (χ0v) is 14.8. The molecule has 24 heavy (non-hydrogen) atoms. The number of aromatic nitrogens is 1. The van der Waals surface area contributed by atoms with Crippen LogP contribution in [-0.4, -0.2) is 24.0 Å². The molecule has 2 N–H and O–H groups in total. The number of halogens is 2. The fourth-order valence-electron chi connectivity index (χ4n) is 3.05. The molecule has 0 saturated carbocycles. The number of nitrogens with one attached hydrogen (secondary N) is 2. The molecule has 0 spiro atoms. The largest absolute Gasteiger partial charge is 0.349 e. The predicted octanol–water partition coefficient (Wildman–Crippen LogP) is 3.57. The van der Waals surface area contributed by atoms with Gasteiger partial charge in [-0.05, 0) is 36.8 Å². The van der Waals surface area contributed by atoms with Crippen LogP contribution in [0.3, 0.4) is 0 Å². The molecule has 0 aliphatic carbocycles. The molecular formula is C18H19Cl2N3O. The monoisotopic (exact) mass is 363 g/mol. The first-order valence-electron chi connectivity index (χ1n) is 7.92. The minimum absolute atomic E-state index is 0.0224. The van der Waals surface area contributed by atoms with Gasteiger partial charge in [-0.2, -0.15) is 0 Å². The summed E-state index contributed by atoms with van der Waals surface area (Å²) in [5, 5.41) is 7.63. The Morgan fingerprint density at radius 2 is 2.08 bits per heavy atom. The van der Waals surface area contributed by atoms with Gasteiger partial charge in [0.15, 0.2) is 0 Å². The maximum atomic E-state index is 12.7. The van der Waals surface area contributed by atoms with Crippen LogP contribution in [0.2, 0.25) is 10.0 Å². The molecule has 1 aromatic carbocycles. The average Bonchev–Trinajstić information content (AvgIpc) is 3.05. The van der Waals surface area contributed by atoms with E-state index < -0.39 is 0 Å². The summed E-state index contributed by atoms with van der Waals surface area (Å²) in [6.07, 6.45) is 1.62. The van der Waals surface area contributed by atoms with Gasteiger partial charge in [-0.3, -0.25) is 9.78 Å². The Morgan fingerprint density at radius 1 is 1.25 bits per heavy atom. The molecule has 6 heteroatoms. The van der Waals surface area contributed by atoms with E-state index in [1.165, 1.54) is 0 Å². The van der Waals surface area contributed by atoms with Crippen molar-refractivity contribution in [3.63, 3.8) is 0 Å². The Labute approximate surface area is 151 Å². The summed E-state index contributed by atoms with van der Waals surface area (Å²) in [5.41, 5.74) is 1.88. The minimum Gasteiger partial charge on any atom is -0.349 e. The number of pyridine rings is 1. The van der Waals surface area contributed by atoms with E-state index in [9.17, 15) is 4.79 Å². The van der Waals surface area contributed by atoms with Crippen molar-refractivity contribution < 1.29 is 4.79 Å². The Kier molecular flexibility index (Phi) is 5.39. The lowest BCUT2D eigenvalue weighted by Gasteiger charge is -2.21. The maximum absolute atomic E-state index is 12.7. The zero-order chi connectivity index (χ0) is 17.1. The number of carbonyl (C=O) groups excluding carboxylic acids is 1. The zero-order valence-electron chi connectivity index (χ0n) is 13.3. The van der Waals surface area contributed by atoms with Gasteiger partial charge >= 0.3 is 0 Å². The van der Waals surface area contributed by atoms with Crippen LogP contribution in [0.25, 0.3) is 0 Å². The topological polar surface area (TPSA) is 54.0 Å². The summed E-state index contributed by atoms with van der Waals surface area (Å²) in [6.45, 7) is 3.34. The van der Waals surface area contributed by atoms with E-state index in [1.807, 2.05) is 43.3 Å². The summed E-state index contributed by atoms with van der Waals surface area (Å²) in [5.74, 6) is -0.0802. The number of hydrogen-bond donors (Lipinski definition) is 2. The van der Waals surface area contributed by atoms with Crippen molar-refractivity contribution >= 4 is 29.1 Å². The fourth-order valence-corrected chi connectivity index (χ4v) is 3.36. The lowest BCUT2D eigenvalue weighted by Crippen LogP contribution is -2.36. The Morgan fingerprint density at radius 3 is 2.79 bits per heavy atom. The first-order chi connectivity index (χ1) is 11.5. The Hall–Kier alpha value is -1.62. The van der Waals surface area contributed by atoms with Gasteiger partial charge < -0.3 is 10.6 Å². The predicted molar refractivity (Wildman–Crippen MR) is 96.4 cm³/mol. The Balaban J connectivity index is 1.70. The van der Waals surface area contributed by atoms with Crippen molar-refractivity contribution in [3.8, 4) is 0 Å². The molecule has 2 aromatic rings. The third-order valence-corrected chi connectivity index (χ3v) is 4.85. The van der Waals surface area contributed by atoms with E-state index in [0.29, 0.717) is 16.6 Å². The first kappa shape index (κ1) is 17.2. The van der Waals surface area contributed by atoms with Crippen LogP contribution >= 0.6 is 23.2 Å². The van der Waals surface area contributed by atoms with E-state index in [0.717, 1.165) is 17.8 Å². The van der Waals surface area contributed by atoms with Crippen LogP contribution in [0.15, 0.2) is 42.6 Å². The van der Waals surface area contributed by atoms with Gasteiger partial charge in [-0.25, -0.2) is 0 Å². The molecule has 1 aliphatic heterocycles. The smallest absolute Gasteiger partial charge is 0.225 e. The Bertz CT molecular complexity index is 720. The minimum atomic E-state index is -0.152. The molecule has 1 amide bonds. The summed E-state index contributed by atoms with van der Waals surface area (Å²) in [7, 11) is 0. The highest BCUT2D eigenvalue weighted by Crippen LogP contribution is 2.28. The average molecular weight is 364 g/mol. The van der Waals surface area contributed by atoms with Crippen molar-refractivity contribution in [3.05, 3.63) is 63.9 Å². The van der Waals surface area contributed by atoms with Gasteiger partial charge in [0.25, 0.3) is 0 Å². The molecular weight excluding hydrogens is 345 g/mol. The van der Waals surface area contributed by atoms with Crippen LogP contribution in [0.1, 0.15) is 30.1 Å². The van der Waals surface area contributed by atoms with Crippen molar-refractivity contribution in [1.82, 2.24) is 15.6 Å². The van der Waals surface area contributed by atoms with E-state index >= 15 is 0 Å². The third-order valence-electron chi connectivity index (χ3n) is 4.39. The number of nitrogens with zero attached hydrogens (tertiary/aromatic N) is 1. The SMILES string of the molecule is C[C@H](NC(=O)[C@@H]1CNC[C@H]1c1ccc(Cl)cn1)c1cccc(Cl)c1. The van der Waals surface area contributed by atoms with Crippen LogP contribution in [0, 0.1) is 5.92 Å². The van der Waals surface area contributed by atoms with Gasteiger partial charge in [0.1, 0.15) is 0 Å². The molecule has 1 saturated heterocycles. The second-order valence-corrected chi connectivity index (χ2v) is 6.93. The molecule has 4 nitrogen and oxygen atoms in total. The molecule has 3 atom stereocenters. The maximum Gasteiger partial charge on any atom is 0.225 e. The van der Waals surface area contributed by atoms with Crippen molar-refractivity contribution in [1.29, 1.82) is 0 Å². The number of benzene rings is 1. The second-order valence-electron chi connectivity index (χ2n) is 6.06.